The van der Waals surface area contributed by atoms with E-state index in [2.05, 4.69) is 17.6 Å². The molecule has 3 heterocycles. The van der Waals surface area contributed by atoms with Gasteiger partial charge >= 0.3 is 0 Å². The number of aliphatic hydroxyl groups excluding tert-OH is 1. The lowest BCUT2D eigenvalue weighted by Crippen LogP contribution is -2.60. The molecular weight excluding hydrogens is 390 g/mol. The lowest BCUT2D eigenvalue weighted by Gasteiger charge is -2.40. The van der Waals surface area contributed by atoms with E-state index in [1.54, 1.807) is 23.6 Å². The molecule has 164 valence electrons. The monoisotopic (exact) mass is 425 g/mol. The van der Waals surface area contributed by atoms with Crippen LogP contribution in [0.1, 0.15) is 54.4 Å². The maximum Gasteiger partial charge on any atom is 0.244 e. The lowest BCUT2D eigenvalue weighted by molar-refractivity contribution is -0.142. The van der Waals surface area contributed by atoms with E-state index < -0.39 is 34.2 Å². The smallest absolute Gasteiger partial charge is 0.244 e. The highest BCUT2D eigenvalue weighted by atomic mass is 32.2. The van der Waals surface area contributed by atoms with Crippen molar-refractivity contribution in [3.05, 3.63) is 0 Å². The van der Waals surface area contributed by atoms with Crippen molar-refractivity contribution in [1.29, 1.82) is 0 Å². The molecule has 29 heavy (non-hydrogen) atoms. The van der Waals surface area contributed by atoms with E-state index in [0.29, 0.717) is 6.54 Å². The van der Waals surface area contributed by atoms with Crippen LogP contribution in [-0.4, -0.2) is 68.5 Å². The lowest BCUT2D eigenvalue weighted by atomic mass is 9.65. The van der Waals surface area contributed by atoms with Crippen LogP contribution in [0.2, 0.25) is 0 Å². The fourth-order valence-electron chi connectivity index (χ4n) is 5.43. The molecule has 3 unspecified atom stereocenters. The molecule has 0 aromatic heterocycles. The van der Waals surface area contributed by atoms with Gasteiger partial charge in [-0.1, -0.05) is 13.8 Å². The predicted molar refractivity (Wildman–Crippen MR) is 113 cm³/mol. The zero-order valence-electron chi connectivity index (χ0n) is 18.3. The van der Waals surface area contributed by atoms with Gasteiger partial charge in [0.15, 0.2) is 0 Å². The van der Waals surface area contributed by atoms with E-state index >= 15 is 0 Å². The van der Waals surface area contributed by atoms with Gasteiger partial charge in [0.25, 0.3) is 0 Å². The Morgan fingerprint density at radius 1 is 1.34 bits per heavy atom. The third-order valence-corrected chi connectivity index (χ3v) is 8.60. The predicted octanol–water partition coefficient (Wildman–Crippen LogP) is 1.15. The molecule has 0 aromatic rings. The summed E-state index contributed by atoms with van der Waals surface area (Å²) in [4.78, 5) is 41.6. The number of fused-ring (bicyclic) bond motifs is 1. The van der Waals surface area contributed by atoms with Gasteiger partial charge in [0.1, 0.15) is 6.04 Å². The average molecular weight is 426 g/mol. The Morgan fingerprint density at radius 3 is 2.55 bits per heavy atom. The third-order valence-electron chi connectivity index (χ3n) is 6.52. The highest BCUT2D eigenvalue weighted by molar-refractivity contribution is 8.02. The first kappa shape index (κ1) is 22.4. The van der Waals surface area contributed by atoms with E-state index in [0.717, 1.165) is 12.8 Å². The van der Waals surface area contributed by atoms with Gasteiger partial charge in [-0.15, -0.1) is 11.8 Å². The first-order valence-corrected chi connectivity index (χ1v) is 11.6. The Morgan fingerprint density at radius 2 is 2.00 bits per heavy atom. The minimum absolute atomic E-state index is 0.0484. The second kappa shape index (κ2) is 7.76. The van der Waals surface area contributed by atoms with Crippen LogP contribution in [0.5, 0.6) is 0 Å². The summed E-state index contributed by atoms with van der Waals surface area (Å²) in [6.07, 6.45) is 1.65. The number of nitrogens with zero attached hydrogens (tertiary/aromatic N) is 1. The van der Waals surface area contributed by atoms with Crippen LogP contribution in [0.25, 0.3) is 0 Å². The number of carbonyl (C=O) groups is 3. The first-order valence-electron chi connectivity index (χ1n) is 10.7. The van der Waals surface area contributed by atoms with E-state index in [-0.39, 0.29) is 35.5 Å². The molecule has 0 radical (unpaired) electrons. The van der Waals surface area contributed by atoms with Crippen LogP contribution >= 0.6 is 11.8 Å². The van der Waals surface area contributed by atoms with E-state index in [4.69, 9.17) is 0 Å². The van der Waals surface area contributed by atoms with Crippen molar-refractivity contribution in [1.82, 2.24) is 15.5 Å². The molecule has 3 aliphatic rings. The molecule has 0 aromatic carbocycles. The van der Waals surface area contributed by atoms with Gasteiger partial charge in [0, 0.05) is 17.3 Å². The molecule has 8 heteroatoms. The zero-order chi connectivity index (χ0) is 21.7. The summed E-state index contributed by atoms with van der Waals surface area (Å²) in [6.45, 7) is 12.0. The summed E-state index contributed by atoms with van der Waals surface area (Å²) >= 11 is 1.66. The molecule has 1 spiro atoms. The molecule has 3 fully saturated rings. The Hall–Kier alpha value is -1.28. The minimum Gasteiger partial charge on any atom is -0.394 e. The summed E-state index contributed by atoms with van der Waals surface area (Å²) in [5.41, 5.74) is -0.439. The standard InChI is InChI=1S/C21H35N3O4S/c1-7-8-22-17(26)14-13-9-11(2)21(29-13)15(14)19(28)24(12(3)10-25)16(21)18(27)23-20(4,5)6/h11-16,25H,7-10H2,1-6H3,(H,22,26)(H,23,27)/t11?,12-,13+,14-,15+,16?,21?/m1/s1. The Balaban J connectivity index is 2.05. The van der Waals surface area contributed by atoms with Crippen molar-refractivity contribution in [3.63, 3.8) is 0 Å². The minimum atomic E-state index is -0.685. The number of thioether (sulfide) groups is 1. The van der Waals surface area contributed by atoms with Gasteiger partial charge in [-0.3, -0.25) is 14.4 Å². The SMILES string of the molecule is CCCNC(=O)[C@@H]1[C@@H]2CC(C)C3(S2)C(C(=O)NC(C)(C)C)N([C@H](C)CO)C(=O)[C@H]13. The van der Waals surface area contributed by atoms with Crippen LogP contribution < -0.4 is 10.6 Å². The summed E-state index contributed by atoms with van der Waals surface area (Å²) in [5.74, 6) is -1.25. The van der Waals surface area contributed by atoms with Crippen LogP contribution in [0.3, 0.4) is 0 Å². The number of aliphatic hydroxyl groups is 1. The third kappa shape index (κ3) is 3.46. The highest BCUT2D eigenvalue weighted by Gasteiger charge is 2.76. The Labute approximate surface area is 177 Å². The molecular formula is C21H35N3O4S. The van der Waals surface area contributed by atoms with Crippen LogP contribution in [0.15, 0.2) is 0 Å². The number of rotatable bonds is 6. The number of hydrogen-bond acceptors (Lipinski definition) is 5. The average Bonchev–Trinajstić information content (AvgIpc) is 3.21. The van der Waals surface area contributed by atoms with Crippen molar-refractivity contribution >= 4 is 29.5 Å². The molecule has 7 atom stereocenters. The van der Waals surface area contributed by atoms with E-state index in [9.17, 15) is 19.5 Å². The second-order valence-electron chi connectivity index (χ2n) is 9.86. The molecule has 3 amide bonds. The normalized spacial score (nSPS) is 36.9. The number of nitrogens with one attached hydrogen (secondary N) is 2. The van der Waals surface area contributed by atoms with Crippen LogP contribution in [0.4, 0.5) is 0 Å². The summed E-state index contributed by atoms with van der Waals surface area (Å²) in [7, 11) is 0. The van der Waals surface area contributed by atoms with E-state index in [1.807, 2.05) is 27.7 Å². The molecule has 3 aliphatic heterocycles. The summed E-state index contributed by atoms with van der Waals surface area (Å²) < 4.78 is -0.630. The van der Waals surface area contributed by atoms with Crippen LogP contribution in [0, 0.1) is 17.8 Å². The Kier molecular flexibility index (Phi) is 6.00. The summed E-state index contributed by atoms with van der Waals surface area (Å²) in [5, 5.41) is 15.9. The topological polar surface area (TPSA) is 98.7 Å². The maximum absolute atomic E-state index is 13.6. The van der Waals surface area contributed by atoms with Gasteiger partial charge in [-0.05, 0) is 46.5 Å². The second-order valence-corrected chi connectivity index (χ2v) is 11.4. The number of likely N-dealkylation sites (tertiary alicyclic amines) is 1. The van der Waals surface area contributed by atoms with Gasteiger partial charge in [-0.2, -0.15) is 0 Å². The van der Waals surface area contributed by atoms with Gasteiger partial charge in [0.05, 0.1) is 29.2 Å². The van der Waals surface area contributed by atoms with Crippen molar-refractivity contribution in [2.75, 3.05) is 13.2 Å². The van der Waals surface area contributed by atoms with Crippen molar-refractivity contribution in [2.45, 2.75) is 82.0 Å². The molecule has 3 saturated heterocycles. The fraction of sp³-hybridized carbons (Fsp3) is 0.857. The molecule has 7 nitrogen and oxygen atoms in total. The molecule has 0 aliphatic carbocycles. The molecule has 3 rings (SSSR count). The van der Waals surface area contributed by atoms with Gasteiger partial charge in [0.2, 0.25) is 17.7 Å². The van der Waals surface area contributed by atoms with Gasteiger partial charge < -0.3 is 20.6 Å². The molecule has 3 N–H and O–H groups in total. The summed E-state index contributed by atoms with van der Waals surface area (Å²) in [6, 6.07) is -1.17. The first-order chi connectivity index (χ1) is 13.5. The Bertz CT molecular complexity index is 694. The quantitative estimate of drug-likeness (QED) is 0.593. The fourth-order valence-corrected chi connectivity index (χ4v) is 7.83. The van der Waals surface area contributed by atoms with Crippen molar-refractivity contribution in [2.24, 2.45) is 17.8 Å². The number of hydrogen-bond donors (Lipinski definition) is 3. The largest absolute Gasteiger partial charge is 0.394 e. The zero-order valence-corrected chi connectivity index (χ0v) is 19.1. The van der Waals surface area contributed by atoms with E-state index in [1.165, 1.54) is 0 Å². The number of amides is 3. The highest BCUT2D eigenvalue weighted by Crippen LogP contribution is 2.68. The van der Waals surface area contributed by atoms with Crippen molar-refractivity contribution in [3.8, 4) is 0 Å². The van der Waals surface area contributed by atoms with Crippen molar-refractivity contribution < 1.29 is 19.5 Å². The van der Waals surface area contributed by atoms with Crippen LogP contribution in [-0.2, 0) is 14.4 Å². The maximum atomic E-state index is 13.6. The number of carbonyl (C=O) groups excluding carboxylic acids is 3. The molecule has 0 saturated carbocycles. The molecule has 2 bridgehead atoms. The van der Waals surface area contributed by atoms with Gasteiger partial charge in [-0.25, -0.2) is 0 Å².